The van der Waals surface area contributed by atoms with Gasteiger partial charge in [-0.3, -0.25) is 4.79 Å². The van der Waals surface area contributed by atoms with Crippen molar-refractivity contribution in [3.63, 3.8) is 0 Å². The Hall–Kier alpha value is -1.94. The Morgan fingerprint density at radius 3 is 2.44 bits per heavy atom. The molecule has 0 N–H and O–H groups in total. The van der Waals surface area contributed by atoms with E-state index in [1.54, 1.807) is 24.3 Å². The summed E-state index contributed by atoms with van der Waals surface area (Å²) in [4.78, 5) is 11.9. The Bertz CT molecular complexity index is 538. The molecular formula is C13H11ClN2O2. The van der Waals surface area contributed by atoms with Crippen LogP contribution in [0, 0.1) is 0 Å². The maximum absolute atomic E-state index is 11.9. The van der Waals surface area contributed by atoms with Crippen molar-refractivity contribution in [1.29, 1.82) is 0 Å². The zero-order valence-corrected chi connectivity index (χ0v) is 10.5. The number of benzene rings is 1. The fourth-order valence-corrected chi connectivity index (χ4v) is 1.58. The van der Waals surface area contributed by atoms with E-state index in [1.165, 1.54) is 7.11 Å². The molecule has 0 unspecified atom stereocenters. The number of hydrogen-bond donors (Lipinski definition) is 0. The maximum Gasteiger partial charge on any atom is 0.233 e. The summed E-state index contributed by atoms with van der Waals surface area (Å²) in [6.45, 7) is 0. The summed E-state index contributed by atoms with van der Waals surface area (Å²) in [5.74, 6) is 0.297. The van der Waals surface area contributed by atoms with Crippen LogP contribution in [0.3, 0.4) is 0 Å². The second kappa shape index (κ2) is 5.60. The average molecular weight is 263 g/mol. The van der Waals surface area contributed by atoms with E-state index >= 15 is 0 Å². The average Bonchev–Trinajstić information content (AvgIpc) is 2.41. The van der Waals surface area contributed by atoms with Gasteiger partial charge in [0.25, 0.3) is 0 Å². The fourth-order valence-electron chi connectivity index (χ4n) is 1.46. The first-order valence-electron chi connectivity index (χ1n) is 5.34. The molecule has 0 fully saturated rings. The van der Waals surface area contributed by atoms with Gasteiger partial charge < -0.3 is 4.74 Å². The molecule has 0 bridgehead atoms. The lowest BCUT2D eigenvalue weighted by atomic mass is 10.1. The van der Waals surface area contributed by atoms with Gasteiger partial charge in [-0.2, -0.15) is 0 Å². The minimum Gasteiger partial charge on any atom is -0.480 e. The first-order valence-corrected chi connectivity index (χ1v) is 5.72. The summed E-state index contributed by atoms with van der Waals surface area (Å²) in [7, 11) is 1.50. The van der Waals surface area contributed by atoms with Crippen LogP contribution in [0.1, 0.15) is 16.1 Å². The van der Waals surface area contributed by atoms with E-state index in [-0.39, 0.29) is 12.2 Å². The van der Waals surface area contributed by atoms with Gasteiger partial charge in [-0.05, 0) is 23.8 Å². The van der Waals surface area contributed by atoms with E-state index in [2.05, 4.69) is 10.2 Å². The Labute approximate surface area is 110 Å². The fraction of sp³-hybridized carbons (Fsp3) is 0.154. The normalized spacial score (nSPS) is 10.1. The van der Waals surface area contributed by atoms with Crippen LogP contribution in [0.15, 0.2) is 36.4 Å². The number of carbonyl (C=O) groups is 1. The molecule has 0 amide bonds. The molecule has 1 heterocycles. The second-order valence-electron chi connectivity index (χ2n) is 3.69. The van der Waals surface area contributed by atoms with E-state index in [4.69, 9.17) is 16.3 Å². The molecule has 0 saturated carbocycles. The van der Waals surface area contributed by atoms with E-state index in [9.17, 15) is 4.79 Å². The van der Waals surface area contributed by atoms with Gasteiger partial charge in [-0.1, -0.05) is 23.7 Å². The van der Waals surface area contributed by atoms with Crippen LogP contribution >= 0.6 is 11.6 Å². The van der Waals surface area contributed by atoms with Crippen molar-refractivity contribution in [2.75, 3.05) is 7.11 Å². The van der Waals surface area contributed by atoms with Crippen molar-refractivity contribution in [2.45, 2.75) is 6.42 Å². The Kier molecular flexibility index (Phi) is 3.89. The van der Waals surface area contributed by atoms with Gasteiger partial charge in [-0.25, -0.2) is 0 Å². The van der Waals surface area contributed by atoms with Gasteiger partial charge in [0.15, 0.2) is 5.78 Å². The van der Waals surface area contributed by atoms with Gasteiger partial charge in [0.2, 0.25) is 5.88 Å². The van der Waals surface area contributed by atoms with E-state index in [0.717, 1.165) is 5.56 Å². The Balaban J connectivity index is 2.09. The predicted octanol–water partition coefficient (Wildman–Crippen LogP) is 2.56. The number of rotatable bonds is 4. The number of aromatic nitrogens is 2. The molecule has 1 aromatic heterocycles. The standard InChI is InChI=1S/C13H11ClN2O2/c1-18-13-7-6-11(15-16-13)12(17)8-9-2-4-10(14)5-3-9/h2-7H,8H2,1H3. The molecule has 0 saturated heterocycles. The molecule has 0 atom stereocenters. The van der Waals surface area contributed by atoms with Gasteiger partial charge in [0, 0.05) is 17.5 Å². The number of nitrogens with zero attached hydrogens (tertiary/aromatic N) is 2. The van der Waals surface area contributed by atoms with Crippen molar-refractivity contribution in [2.24, 2.45) is 0 Å². The maximum atomic E-state index is 11.9. The van der Waals surface area contributed by atoms with Crippen LogP contribution in [-0.4, -0.2) is 23.1 Å². The Morgan fingerprint density at radius 1 is 1.17 bits per heavy atom. The summed E-state index contributed by atoms with van der Waals surface area (Å²) in [5, 5.41) is 8.22. The van der Waals surface area contributed by atoms with Crippen LogP contribution in [0.2, 0.25) is 5.02 Å². The molecule has 0 spiro atoms. The zero-order chi connectivity index (χ0) is 13.0. The highest BCUT2D eigenvalue weighted by Crippen LogP contribution is 2.12. The smallest absolute Gasteiger partial charge is 0.233 e. The third-order valence-electron chi connectivity index (χ3n) is 2.41. The largest absolute Gasteiger partial charge is 0.480 e. The number of hydrogen-bond acceptors (Lipinski definition) is 4. The van der Waals surface area contributed by atoms with E-state index in [0.29, 0.717) is 16.6 Å². The third kappa shape index (κ3) is 3.05. The van der Waals surface area contributed by atoms with Crippen molar-refractivity contribution in [3.05, 3.63) is 52.7 Å². The molecule has 0 aliphatic rings. The van der Waals surface area contributed by atoms with Crippen molar-refractivity contribution in [1.82, 2.24) is 10.2 Å². The van der Waals surface area contributed by atoms with Gasteiger partial charge in [0.05, 0.1) is 7.11 Å². The van der Waals surface area contributed by atoms with Crippen molar-refractivity contribution < 1.29 is 9.53 Å². The molecule has 2 rings (SSSR count). The lowest BCUT2D eigenvalue weighted by Crippen LogP contribution is -2.07. The van der Waals surface area contributed by atoms with E-state index in [1.807, 2.05) is 12.1 Å². The summed E-state index contributed by atoms with van der Waals surface area (Å²) in [6, 6.07) is 10.4. The summed E-state index contributed by atoms with van der Waals surface area (Å²) >= 11 is 5.78. The molecule has 0 radical (unpaired) electrons. The highest BCUT2D eigenvalue weighted by molar-refractivity contribution is 6.30. The molecule has 1 aromatic carbocycles. The van der Waals surface area contributed by atoms with Crippen LogP contribution in [-0.2, 0) is 6.42 Å². The number of ether oxygens (including phenoxy) is 1. The topological polar surface area (TPSA) is 52.1 Å². The summed E-state index contributed by atoms with van der Waals surface area (Å²) in [5.41, 5.74) is 1.22. The highest BCUT2D eigenvalue weighted by atomic mass is 35.5. The molecule has 92 valence electrons. The molecule has 4 nitrogen and oxygen atoms in total. The number of carbonyl (C=O) groups excluding carboxylic acids is 1. The summed E-state index contributed by atoms with van der Waals surface area (Å²) < 4.78 is 4.88. The molecule has 18 heavy (non-hydrogen) atoms. The predicted molar refractivity (Wildman–Crippen MR) is 68.1 cm³/mol. The van der Waals surface area contributed by atoms with Crippen LogP contribution in [0.5, 0.6) is 5.88 Å². The van der Waals surface area contributed by atoms with Crippen LogP contribution in [0.4, 0.5) is 0 Å². The third-order valence-corrected chi connectivity index (χ3v) is 2.66. The van der Waals surface area contributed by atoms with E-state index < -0.39 is 0 Å². The van der Waals surface area contributed by atoms with Gasteiger partial charge in [0.1, 0.15) is 5.69 Å². The monoisotopic (exact) mass is 262 g/mol. The van der Waals surface area contributed by atoms with Crippen LogP contribution in [0.25, 0.3) is 0 Å². The number of halogens is 1. The molecule has 0 aliphatic carbocycles. The number of Topliss-reactive ketones (excluding diaryl/α,β-unsaturated/α-hetero) is 1. The molecule has 0 aliphatic heterocycles. The second-order valence-corrected chi connectivity index (χ2v) is 4.12. The first kappa shape index (κ1) is 12.5. The number of ketones is 1. The molecular weight excluding hydrogens is 252 g/mol. The SMILES string of the molecule is COc1ccc(C(=O)Cc2ccc(Cl)cc2)nn1. The first-order chi connectivity index (χ1) is 8.69. The number of methoxy groups -OCH3 is 1. The van der Waals surface area contributed by atoms with Gasteiger partial charge >= 0.3 is 0 Å². The zero-order valence-electron chi connectivity index (χ0n) is 9.76. The quantitative estimate of drug-likeness (QED) is 0.795. The van der Waals surface area contributed by atoms with Gasteiger partial charge in [-0.15, -0.1) is 10.2 Å². The molecule has 2 aromatic rings. The summed E-state index contributed by atoms with van der Waals surface area (Å²) in [6.07, 6.45) is 0.276. The Morgan fingerprint density at radius 2 is 1.89 bits per heavy atom. The minimum absolute atomic E-state index is 0.0903. The highest BCUT2D eigenvalue weighted by Gasteiger charge is 2.09. The van der Waals surface area contributed by atoms with Crippen LogP contribution < -0.4 is 4.74 Å². The van der Waals surface area contributed by atoms with Crippen molar-refractivity contribution in [3.8, 4) is 5.88 Å². The van der Waals surface area contributed by atoms with Crippen molar-refractivity contribution >= 4 is 17.4 Å². The lowest BCUT2D eigenvalue weighted by Gasteiger charge is -2.01. The lowest BCUT2D eigenvalue weighted by molar-refractivity contribution is 0.0987. The molecule has 5 heteroatoms. The minimum atomic E-state index is -0.0903.